The van der Waals surface area contributed by atoms with Gasteiger partial charge in [-0.2, -0.15) is 0 Å². The van der Waals surface area contributed by atoms with Crippen molar-refractivity contribution in [2.24, 2.45) is 0 Å². The lowest BCUT2D eigenvalue weighted by atomic mass is 10.0. The molecule has 0 fully saturated rings. The van der Waals surface area contributed by atoms with Gasteiger partial charge in [0, 0.05) is 6.42 Å². The highest BCUT2D eigenvalue weighted by molar-refractivity contribution is 7.47. The summed E-state index contributed by atoms with van der Waals surface area (Å²) < 4.78 is 23.5. The van der Waals surface area contributed by atoms with Gasteiger partial charge in [0.15, 0.2) is 0 Å². The molecule has 0 saturated carbocycles. The number of likely N-dealkylation sites (N-methyl/N-ethyl adjacent to an activating group) is 1. The Morgan fingerprint density at radius 1 is 0.500 bits per heavy atom. The zero-order valence-corrected chi connectivity index (χ0v) is 48.0. The van der Waals surface area contributed by atoms with Crippen LogP contribution in [0.4, 0.5) is 0 Å². The van der Waals surface area contributed by atoms with E-state index in [-0.39, 0.29) is 19.1 Å². The second kappa shape index (κ2) is 53.0. The van der Waals surface area contributed by atoms with Crippen LogP contribution in [0.15, 0.2) is 109 Å². The number of carbonyl (C=O) groups is 1. The van der Waals surface area contributed by atoms with E-state index in [1.807, 2.05) is 34.1 Å². The van der Waals surface area contributed by atoms with Crippen molar-refractivity contribution in [3.8, 4) is 0 Å². The lowest BCUT2D eigenvalue weighted by Gasteiger charge is -2.25. The van der Waals surface area contributed by atoms with Gasteiger partial charge in [0.05, 0.1) is 39.9 Å². The zero-order chi connectivity index (χ0) is 52.7. The van der Waals surface area contributed by atoms with Crippen molar-refractivity contribution in [2.75, 3.05) is 40.9 Å². The number of phosphoric ester groups is 1. The SMILES string of the molecule is C/C=C/CC/C=C/CC/C=C/C(O)C(COP(=O)(O)OCC[N+](C)(C)C)NC(=O)CCCCCCCCCCCCCCCCCCCCCCCC/C=C\C/C=C\C/C=C\C/C=C\C/C=C\C/C=C\CC. The summed E-state index contributed by atoms with van der Waals surface area (Å²) in [4.78, 5) is 23.1. The maximum absolute atomic E-state index is 12.9. The van der Waals surface area contributed by atoms with E-state index in [2.05, 4.69) is 109 Å². The summed E-state index contributed by atoms with van der Waals surface area (Å²) in [6.45, 7) is 4.43. The quantitative estimate of drug-likeness (QED) is 0.0243. The van der Waals surface area contributed by atoms with Crippen LogP contribution in [0, 0.1) is 0 Å². The summed E-state index contributed by atoms with van der Waals surface area (Å²) in [6, 6.07) is -0.871. The monoisotopic (exact) mass is 1020 g/mol. The normalized spacial score (nSPS) is 14.7. The van der Waals surface area contributed by atoms with Gasteiger partial charge in [-0.15, -0.1) is 0 Å². The average molecular weight is 1020 g/mol. The summed E-state index contributed by atoms with van der Waals surface area (Å²) in [6.07, 6.45) is 78.3. The predicted molar refractivity (Wildman–Crippen MR) is 313 cm³/mol. The Bertz CT molecular complexity index is 1540. The van der Waals surface area contributed by atoms with Crippen molar-refractivity contribution in [3.05, 3.63) is 109 Å². The summed E-state index contributed by atoms with van der Waals surface area (Å²) in [7, 11) is 1.54. The minimum atomic E-state index is -4.35. The predicted octanol–water partition coefficient (Wildman–Crippen LogP) is 18.0. The fourth-order valence-electron chi connectivity index (χ4n) is 8.03. The molecular formula is C63H112N2O6P+. The second-order valence-corrected chi connectivity index (χ2v) is 22.1. The van der Waals surface area contributed by atoms with Gasteiger partial charge in [0.25, 0.3) is 0 Å². The number of phosphoric acid groups is 1. The number of unbranched alkanes of at least 4 members (excludes halogenated alkanes) is 24. The molecule has 0 spiro atoms. The van der Waals surface area contributed by atoms with E-state index < -0.39 is 20.0 Å². The summed E-state index contributed by atoms with van der Waals surface area (Å²) >= 11 is 0. The van der Waals surface area contributed by atoms with Crippen molar-refractivity contribution < 1.29 is 32.9 Å². The lowest BCUT2D eigenvalue weighted by Crippen LogP contribution is -2.45. The largest absolute Gasteiger partial charge is 0.472 e. The Kier molecular flexibility index (Phi) is 50.9. The van der Waals surface area contributed by atoms with Crippen LogP contribution in [0.3, 0.4) is 0 Å². The van der Waals surface area contributed by atoms with E-state index in [0.29, 0.717) is 17.4 Å². The first-order valence-electron chi connectivity index (χ1n) is 29.2. The van der Waals surface area contributed by atoms with Crippen LogP contribution in [0.1, 0.15) is 232 Å². The van der Waals surface area contributed by atoms with Crippen LogP contribution in [0.25, 0.3) is 0 Å². The lowest BCUT2D eigenvalue weighted by molar-refractivity contribution is -0.870. The third kappa shape index (κ3) is 54.9. The molecule has 0 saturated heterocycles. The number of nitrogens with one attached hydrogen (secondary N) is 1. The molecular weight excluding hydrogens is 912 g/mol. The highest BCUT2D eigenvalue weighted by Gasteiger charge is 2.27. The highest BCUT2D eigenvalue weighted by atomic mass is 31.2. The topological polar surface area (TPSA) is 105 Å². The number of allylic oxidation sites excluding steroid dienone is 17. The minimum absolute atomic E-state index is 0.0506. The smallest absolute Gasteiger partial charge is 0.387 e. The van der Waals surface area contributed by atoms with E-state index in [0.717, 1.165) is 83.5 Å². The number of nitrogens with zero attached hydrogens (tertiary/aromatic N) is 1. The highest BCUT2D eigenvalue weighted by Crippen LogP contribution is 2.43. The van der Waals surface area contributed by atoms with Crippen LogP contribution in [0.2, 0.25) is 0 Å². The van der Waals surface area contributed by atoms with Gasteiger partial charge in [0.1, 0.15) is 13.2 Å². The molecule has 0 aliphatic carbocycles. The minimum Gasteiger partial charge on any atom is -0.387 e. The van der Waals surface area contributed by atoms with Crippen LogP contribution in [0.5, 0.6) is 0 Å². The number of aliphatic hydroxyl groups excluding tert-OH is 1. The standard InChI is InChI=1S/C63H111N2O6P/c1-6-8-10-12-14-16-17-18-19-20-21-22-23-24-25-26-27-28-29-30-31-32-33-34-35-36-37-38-39-40-41-42-43-44-45-46-47-49-51-53-55-57-63(67)64-61(60-71-72(68,69)70-59-58-65(3,4)5)62(66)56-54-52-50-48-15-13-11-9-7-2/h7-10,14-16,18-19,21-22,24-25,27-28,48,54,56,61-62,66H,6,11-13,17,20,23,26,29-47,49-53,55,57-60H2,1-5H3,(H-,64,67,68,69)/p+1/b9-7+,10-8-,16-14-,19-18-,22-21-,25-24-,28-27-,48-15+,56-54+. The van der Waals surface area contributed by atoms with E-state index in [1.54, 1.807) is 6.08 Å². The van der Waals surface area contributed by atoms with Crippen molar-refractivity contribution in [1.82, 2.24) is 5.32 Å². The van der Waals surface area contributed by atoms with Crippen molar-refractivity contribution >= 4 is 13.7 Å². The molecule has 1 amide bonds. The number of rotatable bonds is 52. The third-order valence-corrected chi connectivity index (χ3v) is 13.5. The molecule has 0 aromatic heterocycles. The molecule has 3 N–H and O–H groups in total. The molecule has 0 aromatic carbocycles. The molecule has 9 heteroatoms. The number of aliphatic hydroxyl groups is 1. The summed E-state index contributed by atoms with van der Waals surface area (Å²) in [5.74, 6) is -0.195. The van der Waals surface area contributed by atoms with Crippen molar-refractivity contribution in [3.63, 3.8) is 0 Å². The van der Waals surface area contributed by atoms with Gasteiger partial charge >= 0.3 is 7.82 Å². The second-order valence-electron chi connectivity index (χ2n) is 20.6. The van der Waals surface area contributed by atoms with Crippen molar-refractivity contribution in [1.29, 1.82) is 0 Å². The average Bonchev–Trinajstić information content (AvgIpc) is 3.34. The fraction of sp³-hybridized carbons (Fsp3) is 0.698. The first kappa shape index (κ1) is 69.2. The van der Waals surface area contributed by atoms with Crippen LogP contribution in [-0.2, 0) is 18.4 Å². The van der Waals surface area contributed by atoms with Crippen LogP contribution < -0.4 is 5.32 Å². The zero-order valence-electron chi connectivity index (χ0n) is 47.1. The van der Waals surface area contributed by atoms with E-state index in [9.17, 15) is 19.4 Å². The molecule has 0 radical (unpaired) electrons. The molecule has 0 bridgehead atoms. The number of amides is 1. The summed E-state index contributed by atoms with van der Waals surface area (Å²) in [5.41, 5.74) is 0. The van der Waals surface area contributed by atoms with E-state index in [1.165, 1.54) is 128 Å². The van der Waals surface area contributed by atoms with Gasteiger partial charge < -0.3 is 19.8 Å². The van der Waals surface area contributed by atoms with Gasteiger partial charge in [-0.25, -0.2) is 4.57 Å². The molecule has 0 aromatic rings. The molecule has 0 aliphatic rings. The third-order valence-electron chi connectivity index (χ3n) is 12.5. The Labute approximate surface area is 444 Å². The molecule has 3 atom stereocenters. The fourth-order valence-corrected chi connectivity index (χ4v) is 8.76. The summed E-state index contributed by atoms with van der Waals surface area (Å²) in [5, 5.41) is 13.8. The first-order valence-corrected chi connectivity index (χ1v) is 30.7. The first-order chi connectivity index (χ1) is 35.0. The van der Waals surface area contributed by atoms with Gasteiger partial charge in [-0.05, 0) is 90.4 Å². The van der Waals surface area contributed by atoms with E-state index in [4.69, 9.17) is 9.05 Å². The van der Waals surface area contributed by atoms with Gasteiger partial charge in [-0.3, -0.25) is 13.8 Å². The number of hydrogen-bond acceptors (Lipinski definition) is 5. The maximum Gasteiger partial charge on any atom is 0.472 e. The molecule has 3 unspecified atom stereocenters. The van der Waals surface area contributed by atoms with Crippen LogP contribution >= 0.6 is 7.82 Å². The Balaban J connectivity index is 3.84. The number of carbonyl (C=O) groups excluding carboxylic acids is 1. The Hall–Kier alpha value is -2.84. The number of hydrogen-bond donors (Lipinski definition) is 3. The molecule has 0 heterocycles. The molecule has 8 nitrogen and oxygen atoms in total. The van der Waals surface area contributed by atoms with Gasteiger partial charge in [0.2, 0.25) is 5.91 Å². The molecule has 72 heavy (non-hydrogen) atoms. The van der Waals surface area contributed by atoms with Crippen LogP contribution in [-0.4, -0.2) is 73.4 Å². The molecule has 0 rings (SSSR count). The van der Waals surface area contributed by atoms with E-state index >= 15 is 0 Å². The number of quaternary nitrogens is 1. The van der Waals surface area contributed by atoms with Crippen molar-refractivity contribution in [2.45, 2.75) is 244 Å². The Morgan fingerprint density at radius 3 is 1.28 bits per heavy atom. The maximum atomic E-state index is 12.9. The Morgan fingerprint density at radius 2 is 0.861 bits per heavy atom. The van der Waals surface area contributed by atoms with Gasteiger partial charge in [-0.1, -0.05) is 245 Å². The molecule has 414 valence electrons. The molecule has 0 aliphatic heterocycles.